The van der Waals surface area contributed by atoms with Crippen molar-refractivity contribution >= 4 is 6.01 Å². The molecule has 3 rings (SSSR count). The molecule has 1 aliphatic heterocycles. The van der Waals surface area contributed by atoms with Crippen LogP contribution in [-0.4, -0.2) is 17.0 Å². The molecule has 1 aromatic carbocycles. The molecule has 2 heterocycles. The average Bonchev–Trinajstić information content (AvgIpc) is 2.87. The van der Waals surface area contributed by atoms with Gasteiger partial charge in [-0.25, -0.2) is 0 Å². The second kappa shape index (κ2) is 3.41. The van der Waals surface area contributed by atoms with Gasteiger partial charge in [-0.15, -0.1) is 5.10 Å². The van der Waals surface area contributed by atoms with Crippen LogP contribution in [0.1, 0.15) is 11.5 Å². The molecule has 6 heteroatoms. The summed E-state index contributed by atoms with van der Waals surface area (Å²) in [6.07, 6.45) is 0.529. The van der Waals surface area contributed by atoms with E-state index in [1.807, 2.05) is 18.2 Å². The molecule has 0 amide bonds. The van der Waals surface area contributed by atoms with Crippen molar-refractivity contribution in [3.63, 3.8) is 0 Å². The van der Waals surface area contributed by atoms with E-state index < -0.39 is 0 Å². The molecule has 82 valence electrons. The average molecular weight is 219 g/mol. The van der Waals surface area contributed by atoms with Gasteiger partial charge in [0.25, 0.3) is 0 Å². The number of rotatable bonds is 2. The number of benzene rings is 1. The second-order valence-corrected chi connectivity index (χ2v) is 3.40. The molecule has 0 bridgehead atoms. The lowest BCUT2D eigenvalue weighted by Crippen LogP contribution is -1.93. The molecule has 6 nitrogen and oxygen atoms in total. The van der Waals surface area contributed by atoms with E-state index in [1.54, 1.807) is 0 Å². The van der Waals surface area contributed by atoms with E-state index in [-0.39, 0.29) is 12.8 Å². The summed E-state index contributed by atoms with van der Waals surface area (Å²) in [6.45, 7) is 0.270. The van der Waals surface area contributed by atoms with E-state index >= 15 is 0 Å². The van der Waals surface area contributed by atoms with Gasteiger partial charge in [0.1, 0.15) is 0 Å². The number of hydrogen-bond acceptors (Lipinski definition) is 6. The summed E-state index contributed by atoms with van der Waals surface area (Å²) < 4.78 is 15.6. The molecule has 2 aromatic rings. The van der Waals surface area contributed by atoms with E-state index in [1.165, 1.54) is 0 Å². The summed E-state index contributed by atoms with van der Waals surface area (Å²) in [6, 6.07) is 5.75. The number of fused-ring (bicyclic) bond motifs is 1. The first-order valence-corrected chi connectivity index (χ1v) is 4.77. The zero-order chi connectivity index (χ0) is 11.0. The normalized spacial score (nSPS) is 13.0. The molecule has 0 atom stereocenters. The first-order chi connectivity index (χ1) is 7.81. The van der Waals surface area contributed by atoms with Crippen molar-refractivity contribution in [2.45, 2.75) is 6.42 Å². The molecule has 16 heavy (non-hydrogen) atoms. The molecule has 0 spiro atoms. The number of ether oxygens (including phenoxy) is 2. The topological polar surface area (TPSA) is 83.4 Å². The minimum absolute atomic E-state index is 0.0794. The lowest BCUT2D eigenvalue weighted by atomic mass is 10.1. The smallest absolute Gasteiger partial charge is 0.312 e. The Morgan fingerprint density at radius 2 is 2.06 bits per heavy atom. The fourth-order valence-electron chi connectivity index (χ4n) is 1.56. The minimum atomic E-state index is 0.0794. The third-order valence-corrected chi connectivity index (χ3v) is 2.27. The Hall–Kier alpha value is -2.24. The van der Waals surface area contributed by atoms with Gasteiger partial charge in [0.05, 0.1) is 6.42 Å². The van der Waals surface area contributed by atoms with E-state index in [0.717, 1.165) is 17.1 Å². The van der Waals surface area contributed by atoms with E-state index in [9.17, 15) is 0 Å². The van der Waals surface area contributed by atoms with Gasteiger partial charge in [-0.3, -0.25) is 0 Å². The Kier molecular flexibility index (Phi) is 1.92. The molecular weight excluding hydrogens is 210 g/mol. The summed E-state index contributed by atoms with van der Waals surface area (Å²) in [4.78, 5) is 0. The maximum atomic E-state index is 5.34. The lowest BCUT2D eigenvalue weighted by molar-refractivity contribution is 0.174. The molecule has 1 aliphatic rings. The largest absolute Gasteiger partial charge is 0.454 e. The van der Waals surface area contributed by atoms with Crippen molar-refractivity contribution < 1.29 is 13.9 Å². The van der Waals surface area contributed by atoms with Crippen LogP contribution in [0.25, 0.3) is 0 Å². The highest BCUT2D eigenvalue weighted by molar-refractivity contribution is 5.44. The summed E-state index contributed by atoms with van der Waals surface area (Å²) >= 11 is 0. The maximum absolute atomic E-state index is 5.34. The molecule has 1 aromatic heterocycles. The van der Waals surface area contributed by atoms with Crippen LogP contribution in [0.4, 0.5) is 6.01 Å². The molecule has 0 fully saturated rings. The number of anilines is 1. The van der Waals surface area contributed by atoms with Gasteiger partial charge in [0.15, 0.2) is 11.5 Å². The number of hydrogen-bond donors (Lipinski definition) is 1. The number of nitrogens with zero attached hydrogens (tertiary/aromatic N) is 2. The van der Waals surface area contributed by atoms with Crippen LogP contribution in [0, 0.1) is 0 Å². The summed E-state index contributed by atoms with van der Waals surface area (Å²) in [7, 11) is 0. The number of nitrogen functional groups attached to an aromatic ring is 1. The Morgan fingerprint density at radius 1 is 1.19 bits per heavy atom. The molecule has 0 aliphatic carbocycles. The predicted octanol–water partition coefficient (Wildman–Crippen LogP) is 0.971. The Labute approximate surface area is 91.0 Å². The van der Waals surface area contributed by atoms with Crippen LogP contribution in [0.15, 0.2) is 22.6 Å². The molecule has 0 saturated carbocycles. The van der Waals surface area contributed by atoms with Gasteiger partial charge in [0.2, 0.25) is 12.7 Å². The van der Waals surface area contributed by atoms with Crippen LogP contribution in [0.2, 0.25) is 0 Å². The first-order valence-electron chi connectivity index (χ1n) is 4.77. The van der Waals surface area contributed by atoms with Gasteiger partial charge in [-0.1, -0.05) is 11.2 Å². The summed E-state index contributed by atoms with van der Waals surface area (Å²) in [5.74, 6) is 1.98. The van der Waals surface area contributed by atoms with Crippen molar-refractivity contribution in [2.75, 3.05) is 12.5 Å². The van der Waals surface area contributed by atoms with Crippen LogP contribution >= 0.6 is 0 Å². The van der Waals surface area contributed by atoms with Gasteiger partial charge in [-0.05, 0) is 17.7 Å². The molecule has 0 unspecified atom stereocenters. The highest BCUT2D eigenvalue weighted by Gasteiger charge is 2.14. The summed E-state index contributed by atoms with van der Waals surface area (Å²) in [5.41, 5.74) is 6.34. The molecule has 0 radical (unpaired) electrons. The van der Waals surface area contributed by atoms with Gasteiger partial charge < -0.3 is 19.6 Å². The van der Waals surface area contributed by atoms with Crippen LogP contribution < -0.4 is 15.2 Å². The van der Waals surface area contributed by atoms with Crippen molar-refractivity contribution in [1.29, 1.82) is 0 Å². The fourth-order valence-corrected chi connectivity index (χ4v) is 1.56. The third-order valence-electron chi connectivity index (χ3n) is 2.27. The van der Waals surface area contributed by atoms with Gasteiger partial charge in [-0.2, -0.15) is 0 Å². The summed E-state index contributed by atoms with van der Waals surface area (Å²) in [5, 5.41) is 7.38. The van der Waals surface area contributed by atoms with Crippen LogP contribution in [0.5, 0.6) is 11.5 Å². The zero-order valence-electron chi connectivity index (χ0n) is 8.34. The molecule has 0 saturated heterocycles. The SMILES string of the molecule is Nc1nnc(Cc2ccc3c(c2)OCO3)o1. The van der Waals surface area contributed by atoms with Crippen molar-refractivity contribution in [1.82, 2.24) is 10.2 Å². The highest BCUT2D eigenvalue weighted by Crippen LogP contribution is 2.32. The van der Waals surface area contributed by atoms with Gasteiger partial charge in [0, 0.05) is 0 Å². The zero-order valence-corrected chi connectivity index (χ0v) is 8.34. The molecular formula is C10H9N3O3. The first kappa shape index (κ1) is 9.02. The number of aromatic nitrogens is 2. The Balaban J connectivity index is 1.85. The van der Waals surface area contributed by atoms with E-state index in [0.29, 0.717) is 12.3 Å². The van der Waals surface area contributed by atoms with E-state index in [4.69, 9.17) is 19.6 Å². The highest BCUT2D eigenvalue weighted by atomic mass is 16.7. The van der Waals surface area contributed by atoms with Gasteiger partial charge >= 0.3 is 6.01 Å². The standard InChI is InChI=1S/C10H9N3O3/c11-10-13-12-9(16-10)4-6-1-2-7-8(3-6)15-5-14-7/h1-3H,4-5H2,(H2,11,13). The van der Waals surface area contributed by atoms with Crippen molar-refractivity contribution in [2.24, 2.45) is 0 Å². The monoisotopic (exact) mass is 219 g/mol. The maximum Gasteiger partial charge on any atom is 0.312 e. The van der Waals surface area contributed by atoms with Crippen molar-refractivity contribution in [3.05, 3.63) is 29.7 Å². The van der Waals surface area contributed by atoms with Crippen LogP contribution in [0.3, 0.4) is 0 Å². The Bertz CT molecular complexity index is 524. The second-order valence-electron chi connectivity index (χ2n) is 3.40. The van der Waals surface area contributed by atoms with Crippen LogP contribution in [-0.2, 0) is 6.42 Å². The quantitative estimate of drug-likeness (QED) is 0.810. The van der Waals surface area contributed by atoms with E-state index in [2.05, 4.69) is 10.2 Å². The van der Waals surface area contributed by atoms with Crippen molar-refractivity contribution in [3.8, 4) is 11.5 Å². The number of nitrogens with two attached hydrogens (primary N) is 1. The predicted molar refractivity (Wildman–Crippen MR) is 54.1 cm³/mol. The Morgan fingerprint density at radius 3 is 2.88 bits per heavy atom. The third kappa shape index (κ3) is 1.54. The lowest BCUT2D eigenvalue weighted by Gasteiger charge is -1.99. The fraction of sp³-hybridized carbons (Fsp3) is 0.200. The minimum Gasteiger partial charge on any atom is -0.454 e. The molecule has 2 N–H and O–H groups in total.